The Morgan fingerprint density at radius 2 is 1.87 bits per heavy atom. The Bertz CT molecular complexity index is 372. The van der Waals surface area contributed by atoms with Gasteiger partial charge in [0.15, 0.2) is 0 Å². The summed E-state index contributed by atoms with van der Waals surface area (Å²) in [6, 6.07) is 6.52. The summed E-state index contributed by atoms with van der Waals surface area (Å²) >= 11 is 0. The van der Waals surface area contributed by atoms with Gasteiger partial charge in [-0.2, -0.15) is 4.99 Å². The lowest BCUT2D eigenvalue weighted by Gasteiger charge is -2.22. The molecule has 3 heteroatoms. The fraction of sp³-hybridized carbons (Fsp3) is 0.417. The molecule has 1 aromatic rings. The second kappa shape index (κ2) is 4.37. The SMILES string of the molecule is Cc1ccc(C(N=C=O)C(C)(C)F)cc1. The van der Waals surface area contributed by atoms with Crippen LogP contribution in [0.5, 0.6) is 0 Å². The second-order valence-electron chi connectivity index (χ2n) is 4.10. The number of aliphatic imine (C=N–C) groups is 1. The number of rotatable bonds is 3. The average Bonchev–Trinajstić information content (AvgIpc) is 2.14. The number of halogens is 1. The van der Waals surface area contributed by atoms with Gasteiger partial charge in [-0.3, -0.25) is 0 Å². The van der Waals surface area contributed by atoms with Crippen LogP contribution in [0, 0.1) is 6.92 Å². The van der Waals surface area contributed by atoms with Gasteiger partial charge in [-0.25, -0.2) is 9.18 Å². The average molecular weight is 207 g/mol. The van der Waals surface area contributed by atoms with E-state index in [0.717, 1.165) is 5.56 Å². The maximum atomic E-state index is 13.8. The first-order valence-electron chi connectivity index (χ1n) is 4.77. The third kappa shape index (κ3) is 3.00. The van der Waals surface area contributed by atoms with Gasteiger partial charge >= 0.3 is 0 Å². The molecule has 0 bridgehead atoms. The molecule has 2 nitrogen and oxygen atoms in total. The largest absolute Gasteiger partial charge is 0.242 e. The Kier molecular flexibility index (Phi) is 3.38. The van der Waals surface area contributed by atoms with Crippen molar-refractivity contribution in [3.8, 4) is 0 Å². The Balaban J connectivity index is 3.10. The molecule has 0 radical (unpaired) electrons. The van der Waals surface area contributed by atoms with Gasteiger partial charge < -0.3 is 0 Å². The van der Waals surface area contributed by atoms with Gasteiger partial charge in [0.2, 0.25) is 6.08 Å². The van der Waals surface area contributed by atoms with Crippen LogP contribution in [-0.4, -0.2) is 11.7 Å². The summed E-state index contributed by atoms with van der Waals surface area (Å²) in [6.07, 6.45) is 1.42. The van der Waals surface area contributed by atoms with E-state index in [1.807, 2.05) is 19.1 Å². The highest BCUT2D eigenvalue weighted by Gasteiger charge is 2.30. The van der Waals surface area contributed by atoms with Gasteiger partial charge in [0.1, 0.15) is 11.7 Å². The fourth-order valence-electron chi connectivity index (χ4n) is 1.43. The van der Waals surface area contributed by atoms with E-state index in [-0.39, 0.29) is 0 Å². The summed E-state index contributed by atoms with van der Waals surface area (Å²) in [5.41, 5.74) is 0.216. The summed E-state index contributed by atoms with van der Waals surface area (Å²) in [7, 11) is 0. The van der Waals surface area contributed by atoms with Crippen molar-refractivity contribution in [3.63, 3.8) is 0 Å². The molecule has 0 aliphatic rings. The highest BCUT2D eigenvalue weighted by Crippen LogP contribution is 2.32. The minimum absolute atomic E-state index is 0.691. The number of alkyl halides is 1. The Morgan fingerprint density at radius 1 is 1.33 bits per heavy atom. The van der Waals surface area contributed by atoms with Gasteiger partial charge in [-0.05, 0) is 26.3 Å². The summed E-state index contributed by atoms with van der Waals surface area (Å²) in [6.45, 7) is 4.75. The highest BCUT2D eigenvalue weighted by atomic mass is 19.1. The van der Waals surface area contributed by atoms with Gasteiger partial charge in [-0.1, -0.05) is 29.8 Å². The molecule has 1 rings (SSSR count). The normalized spacial score (nSPS) is 13.1. The van der Waals surface area contributed by atoms with Gasteiger partial charge in [0.25, 0.3) is 0 Å². The van der Waals surface area contributed by atoms with Crippen molar-refractivity contribution in [2.24, 2.45) is 4.99 Å². The van der Waals surface area contributed by atoms with Crippen molar-refractivity contribution < 1.29 is 9.18 Å². The lowest BCUT2D eigenvalue weighted by Crippen LogP contribution is -2.22. The Hall–Kier alpha value is -1.47. The first-order chi connectivity index (χ1) is 6.95. The van der Waals surface area contributed by atoms with Crippen LogP contribution in [0.25, 0.3) is 0 Å². The van der Waals surface area contributed by atoms with E-state index in [0.29, 0.717) is 5.56 Å². The summed E-state index contributed by atoms with van der Waals surface area (Å²) in [5.74, 6) is 0. The van der Waals surface area contributed by atoms with E-state index in [2.05, 4.69) is 4.99 Å². The Morgan fingerprint density at radius 3 is 2.27 bits per heavy atom. The minimum Gasteiger partial charge on any atom is -0.242 e. The van der Waals surface area contributed by atoms with Crippen molar-refractivity contribution >= 4 is 6.08 Å². The van der Waals surface area contributed by atoms with Crippen molar-refractivity contribution in [3.05, 3.63) is 35.4 Å². The van der Waals surface area contributed by atoms with Crippen LogP contribution < -0.4 is 0 Å². The molecule has 1 atom stereocenters. The molecule has 1 unspecified atom stereocenters. The molecule has 0 fully saturated rings. The molecule has 1 aromatic carbocycles. The Labute approximate surface area is 88.8 Å². The molecule has 0 heterocycles. The second-order valence-corrected chi connectivity index (χ2v) is 4.10. The molecule has 0 N–H and O–H groups in total. The first-order valence-corrected chi connectivity index (χ1v) is 4.77. The third-order valence-electron chi connectivity index (χ3n) is 2.23. The van der Waals surface area contributed by atoms with Crippen LogP contribution in [0.15, 0.2) is 29.3 Å². The van der Waals surface area contributed by atoms with E-state index < -0.39 is 11.7 Å². The number of benzene rings is 1. The van der Waals surface area contributed by atoms with Crippen LogP contribution in [0.4, 0.5) is 4.39 Å². The van der Waals surface area contributed by atoms with Crippen LogP contribution in [-0.2, 0) is 4.79 Å². The lowest BCUT2D eigenvalue weighted by atomic mass is 9.93. The highest BCUT2D eigenvalue weighted by molar-refractivity contribution is 5.37. The predicted molar refractivity (Wildman–Crippen MR) is 57.2 cm³/mol. The summed E-state index contributed by atoms with van der Waals surface area (Å²) in [4.78, 5) is 13.8. The number of aryl methyl sites for hydroxylation is 1. The van der Waals surface area contributed by atoms with E-state index in [4.69, 9.17) is 0 Å². The van der Waals surface area contributed by atoms with Crippen molar-refractivity contribution in [1.82, 2.24) is 0 Å². The zero-order valence-corrected chi connectivity index (χ0v) is 9.12. The van der Waals surface area contributed by atoms with Crippen LogP contribution in [0.3, 0.4) is 0 Å². The molecular formula is C12H14FNO. The molecule has 0 aromatic heterocycles. The molecule has 15 heavy (non-hydrogen) atoms. The number of isocyanates is 1. The van der Waals surface area contributed by atoms with Crippen molar-refractivity contribution in [2.45, 2.75) is 32.5 Å². The number of nitrogens with zero attached hydrogens (tertiary/aromatic N) is 1. The van der Waals surface area contributed by atoms with Crippen molar-refractivity contribution in [2.75, 3.05) is 0 Å². The van der Waals surface area contributed by atoms with E-state index >= 15 is 0 Å². The molecule has 0 spiro atoms. The number of carbonyl (C=O) groups excluding carboxylic acids is 1. The third-order valence-corrected chi connectivity index (χ3v) is 2.23. The molecule has 0 saturated heterocycles. The molecule has 0 aliphatic heterocycles. The van der Waals surface area contributed by atoms with Gasteiger partial charge in [0, 0.05) is 0 Å². The zero-order valence-electron chi connectivity index (χ0n) is 9.12. The maximum Gasteiger partial charge on any atom is 0.235 e. The number of hydrogen-bond acceptors (Lipinski definition) is 2. The van der Waals surface area contributed by atoms with Gasteiger partial charge in [0.05, 0.1) is 0 Å². The van der Waals surface area contributed by atoms with Crippen molar-refractivity contribution in [1.29, 1.82) is 0 Å². The van der Waals surface area contributed by atoms with E-state index in [1.54, 1.807) is 12.1 Å². The molecule has 0 amide bonds. The smallest absolute Gasteiger partial charge is 0.235 e. The van der Waals surface area contributed by atoms with Crippen LogP contribution in [0.2, 0.25) is 0 Å². The molecule has 0 saturated carbocycles. The monoisotopic (exact) mass is 207 g/mol. The number of hydrogen-bond donors (Lipinski definition) is 0. The topological polar surface area (TPSA) is 29.4 Å². The molecular weight excluding hydrogens is 193 g/mol. The van der Waals surface area contributed by atoms with Gasteiger partial charge in [-0.15, -0.1) is 0 Å². The molecule has 0 aliphatic carbocycles. The van der Waals surface area contributed by atoms with E-state index in [1.165, 1.54) is 19.9 Å². The maximum absolute atomic E-state index is 13.8. The minimum atomic E-state index is -1.56. The molecule has 80 valence electrons. The van der Waals surface area contributed by atoms with E-state index in [9.17, 15) is 9.18 Å². The summed E-state index contributed by atoms with van der Waals surface area (Å²) in [5, 5.41) is 0. The predicted octanol–water partition coefficient (Wildman–Crippen LogP) is 3.12. The standard InChI is InChI=1S/C12H14FNO/c1-9-4-6-10(7-5-9)11(14-8-15)12(2,3)13/h4-7,11H,1-3H3. The first kappa shape index (κ1) is 11.6. The lowest BCUT2D eigenvalue weighted by molar-refractivity contribution is 0.175. The fourth-order valence-corrected chi connectivity index (χ4v) is 1.43. The van der Waals surface area contributed by atoms with Crippen LogP contribution in [0.1, 0.15) is 31.0 Å². The summed E-state index contributed by atoms with van der Waals surface area (Å²) < 4.78 is 13.8. The quantitative estimate of drug-likeness (QED) is 0.553. The van der Waals surface area contributed by atoms with Crippen LogP contribution >= 0.6 is 0 Å². The zero-order chi connectivity index (χ0) is 11.5.